The molecule has 1 aromatic carbocycles. The van der Waals surface area contributed by atoms with E-state index in [2.05, 4.69) is 9.24 Å². The van der Waals surface area contributed by atoms with Crippen LogP contribution in [0.2, 0.25) is 0 Å². The van der Waals surface area contributed by atoms with E-state index in [0.717, 1.165) is 16.7 Å². The summed E-state index contributed by atoms with van der Waals surface area (Å²) in [7, 11) is 2.39. The average molecular weight is 268 g/mol. The van der Waals surface area contributed by atoms with Crippen molar-refractivity contribution in [2.45, 2.75) is 39.6 Å². The zero-order valence-corrected chi connectivity index (χ0v) is 12.5. The zero-order valence-electron chi connectivity index (χ0n) is 11.4. The number of carbonyl (C=O) groups excluding carboxylic acids is 1. The van der Waals surface area contributed by atoms with E-state index in [0.29, 0.717) is 5.56 Å². The summed E-state index contributed by atoms with van der Waals surface area (Å²) in [5, 5.41) is 8.94. The first-order valence-electron chi connectivity index (χ1n) is 6.00. The lowest BCUT2D eigenvalue weighted by Crippen LogP contribution is -2.26. The summed E-state index contributed by atoms with van der Waals surface area (Å²) in [5.41, 5.74) is 3.78. The van der Waals surface area contributed by atoms with Crippen molar-refractivity contribution >= 4 is 15.0 Å². The summed E-state index contributed by atoms with van der Waals surface area (Å²) in [6.45, 7) is 7.51. The number of hydrogen-bond donors (Lipinski definition) is 1. The molecule has 18 heavy (non-hydrogen) atoms. The van der Waals surface area contributed by atoms with Gasteiger partial charge in [-0.2, -0.15) is 0 Å². The van der Waals surface area contributed by atoms with E-state index in [1.807, 2.05) is 32.9 Å². The molecule has 0 aliphatic rings. The number of aryl methyl sites for hydroxylation is 3. The molecular weight excluding hydrogens is 247 g/mol. The van der Waals surface area contributed by atoms with Gasteiger partial charge in [0.05, 0.1) is 12.7 Å². The van der Waals surface area contributed by atoms with Crippen LogP contribution in [0.3, 0.4) is 0 Å². The van der Waals surface area contributed by atoms with Gasteiger partial charge in [0.2, 0.25) is 0 Å². The third-order valence-electron chi connectivity index (χ3n) is 2.82. The molecule has 0 saturated heterocycles. The van der Waals surface area contributed by atoms with Gasteiger partial charge in [-0.15, -0.1) is 0 Å². The Morgan fingerprint density at radius 3 is 2.28 bits per heavy atom. The van der Waals surface area contributed by atoms with Gasteiger partial charge in [-0.05, 0) is 38.8 Å². The third-order valence-corrected chi connectivity index (χ3v) is 3.28. The van der Waals surface area contributed by atoms with Gasteiger partial charge in [-0.3, -0.25) is 4.79 Å². The third kappa shape index (κ3) is 3.61. The molecule has 0 fully saturated rings. The molecule has 0 aliphatic carbocycles. The molecule has 0 saturated carbocycles. The minimum Gasteiger partial charge on any atom is -0.394 e. The molecule has 1 N–H and O–H groups in total. The van der Waals surface area contributed by atoms with E-state index in [9.17, 15) is 4.79 Å². The molecule has 0 aliphatic heterocycles. The number of carbonyl (C=O) groups is 1. The smallest absolute Gasteiger partial charge is 0.195 e. The van der Waals surface area contributed by atoms with Crippen molar-refractivity contribution in [3.8, 4) is 0 Å². The Morgan fingerprint density at radius 1 is 1.33 bits per heavy atom. The van der Waals surface area contributed by atoms with E-state index < -0.39 is 5.85 Å². The summed E-state index contributed by atoms with van der Waals surface area (Å²) in [4.78, 5) is 12.3. The molecule has 3 nitrogen and oxygen atoms in total. The van der Waals surface area contributed by atoms with Crippen LogP contribution in [0.25, 0.3) is 0 Å². The summed E-state index contributed by atoms with van der Waals surface area (Å²) >= 11 is 0. The van der Waals surface area contributed by atoms with Crippen LogP contribution in [0.1, 0.15) is 34.0 Å². The number of ketones is 1. The van der Waals surface area contributed by atoms with Gasteiger partial charge >= 0.3 is 0 Å². The van der Waals surface area contributed by atoms with Crippen molar-refractivity contribution in [3.05, 3.63) is 34.4 Å². The van der Waals surface area contributed by atoms with Gasteiger partial charge in [0, 0.05) is 5.56 Å². The van der Waals surface area contributed by atoms with E-state index in [1.54, 1.807) is 6.92 Å². The molecule has 0 spiro atoms. The lowest BCUT2D eigenvalue weighted by Gasteiger charge is -2.18. The molecule has 0 radical (unpaired) electrons. The largest absolute Gasteiger partial charge is 0.394 e. The van der Waals surface area contributed by atoms with E-state index in [4.69, 9.17) is 9.84 Å². The molecule has 1 aromatic rings. The molecule has 0 amide bonds. The van der Waals surface area contributed by atoms with Crippen molar-refractivity contribution < 1.29 is 14.6 Å². The predicted molar refractivity (Wildman–Crippen MR) is 76.1 cm³/mol. The molecular formula is C14H21O3P. The molecule has 0 aromatic heterocycles. The number of benzene rings is 1. The van der Waals surface area contributed by atoms with Crippen LogP contribution in [-0.4, -0.2) is 29.4 Å². The lowest BCUT2D eigenvalue weighted by molar-refractivity contribution is 0.0127. The van der Waals surface area contributed by atoms with Crippen molar-refractivity contribution in [2.24, 2.45) is 0 Å². The van der Waals surface area contributed by atoms with Crippen molar-refractivity contribution in [1.29, 1.82) is 0 Å². The summed E-state index contributed by atoms with van der Waals surface area (Å²) in [6, 6.07) is 3.99. The molecule has 1 rings (SSSR count). The highest BCUT2D eigenvalue weighted by atomic mass is 31.0. The standard InChI is InChI=1S/C14H21O3P/c1-8-5-9(2)12(10(3)6-8)13(16)14(18)17-11(4)7-15/h5-6,11,14-15H,7,18H2,1-4H3/t11-,14?/m0/s1. The first kappa shape index (κ1) is 15.3. The lowest BCUT2D eigenvalue weighted by atomic mass is 9.97. The number of ether oxygens (including phenoxy) is 1. The maximum absolute atomic E-state index is 12.3. The Labute approximate surface area is 111 Å². The highest BCUT2D eigenvalue weighted by Gasteiger charge is 2.21. The van der Waals surface area contributed by atoms with Crippen molar-refractivity contribution in [1.82, 2.24) is 0 Å². The van der Waals surface area contributed by atoms with Gasteiger partial charge in [0.15, 0.2) is 5.78 Å². The molecule has 100 valence electrons. The van der Waals surface area contributed by atoms with Gasteiger partial charge < -0.3 is 9.84 Å². The average Bonchev–Trinajstić information content (AvgIpc) is 2.27. The minimum absolute atomic E-state index is 0.0599. The maximum Gasteiger partial charge on any atom is 0.195 e. The van der Waals surface area contributed by atoms with Crippen LogP contribution in [0.4, 0.5) is 0 Å². The summed E-state index contributed by atoms with van der Waals surface area (Å²) in [5.74, 6) is -0.678. The fourth-order valence-electron chi connectivity index (χ4n) is 2.07. The van der Waals surface area contributed by atoms with Gasteiger partial charge in [0.1, 0.15) is 5.85 Å². The zero-order chi connectivity index (χ0) is 13.9. The van der Waals surface area contributed by atoms with Gasteiger partial charge in [0.25, 0.3) is 0 Å². The Balaban J connectivity index is 2.97. The Hall–Kier alpha value is -0.760. The maximum atomic E-state index is 12.3. The fraction of sp³-hybridized carbons (Fsp3) is 0.500. The fourth-order valence-corrected chi connectivity index (χ4v) is 2.50. The second kappa shape index (κ2) is 6.42. The SMILES string of the molecule is Cc1cc(C)c(C(=O)C(P)O[C@@H](C)CO)c(C)c1. The van der Waals surface area contributed by atoms with Crippen LogP contribution in [0.15, 0.2) is 12.1 Å². The quantitative estimate of drug-likeness (QED) is 0.659. The minimum atomic E-state index is -0.618. The first-order valence-corrected chi connectivity index (χ1v) is 6.67. The number of aliphatic hydroxyl groups excluding tert-OH is 1. The van der Waals surface area contributed by atoms with Crippen molar-refractivity contribution in [2.75, 3.05) is 6.61 Å². The molecule has 0 bridgehead atoms. The van der Waals surface area contributed by atoms with E-state index >= 15 is 0 Å². The van der Waals surface area contributed by atoms with E-state index in [1.165, 1.54) is 0 Å². The Bertz CT molecular complexity index is 420. The van der Waals surface area contributed by atoms with Crippen LogP contribution in [0, 0.1) is 20.8 Å². The molecule has 4 heteroatoms. The van der Waals surface area contributed by atoms with Crippen LogP contribution < -0.4 is 0 Å². The normalized spacial score (nSPS) is 14.3. The second-order valence-corrected chi connectivity index (χ2v) is 5.29. The Morgan fingerprint density at radius 2 is 1.83 bits per heavy atom. The molecule has 2 unspecified atom stereocenters. The monoisotopic (exact) mass is 268 g/mol. The van der Waals surface area contributed by atoms with Gasteiger partial charge in [-0.25, -0.2) is 0 Å². The Kier molecular flexibility index (Phi) is 5.46. The number of Topliss-reactive ketones (excluding diaryl/α,β-unsaturated/α-hetero) is 1. The van der Waals surface area contributed by atoms with Gasteiger partial charge in [-0.1, -0.05) is 26.9 Å². The van der Waals surface area contributed by atoms with Crippen LogP contribution in [0.5, 0.6) is 0 Å². The van der Waals surface area contributed by atoms with Crippen LogP contribution in [-0.2, 0) is 4.74 Å². The van der Waals surface area contributed by atoms with Crippen molar-refractivity contribution in [3.63, 3.8) is 0 Å². The first-order chi connectivity index (χ1) is 8.36. The summed E-state index contributed by atoms with van der Waals surface area (Å²) < 4.78 is 5.42. The highest BCUT2D eigenvalue weighted by Crippen LogP contribution is 2.21. The second-order valence-electron chi connectivity index (χ2n) is 4.69. The number of aliphatic hydroxyl groups is 1. The van der Waals surface area contributed by atoms with E-state index in [-0.39, 0.29) is 18.5 Å². The van der Waals surface area contributed by atoms with Crippen LogP contribution >= 0.6 is 9.24 Å². The number of rotatable bonds is 5. The predicted octanol–water partition coefficient (Wildman–Crippen LogP) is 2.39. The molecule has 3 atom stereocenters. The molecule has 0 heterocycles. The summed E-state index contributed by atoms with van der Waals surface area (Å²) in [6.07, 6.45) is -0.345. The number of hydrogen-bond acceptors (Lipinski definition) is 3. The highest BCUT2D eigenvalue weighted by molar-refractivity contribution is 7.19. The topological polar surface area (TPSA) is 46.5 Å².